The summed E-state index contributed by atoms with van der Waals surface area (Å²) in [4.78, 5) is 0. The van der Waals surface area contributed by atoms with Crippen LogP contribution in [0.2, 0.25) is 0 Å². The molecule has 1 heteroatoms. The fourth-order valence-electron chi connectivity index (χ4n) is 1.98. The quantitative estimate of drug-likeness (QED) is 0.767. The van der Waals surface area contributed by atoms with E-state index in [4.69, 9.17) is 0 Å². The SMILES string of the molecule is CCCNc1c(CC)cc(C)cc1CC. The number of anilines is 1. The van der Waals surface area contributed by atoms with Crippen molar-refractivity contribution in [1.29, 1.82) is 0 Å². The number of rotatable bonds is 5. The van der Waals surface area contributed by atoms with E-state index >= 15 is 0 Å². The number of nitrogens with one attached hydrogen (secondary N) is 1. The van der Waals surface area contributed by atoms with E-state index in [1.807, 2.05) is 0 Å². The third-order valence-electron chi connectivity index (χ3n) is 2.76. The van der Waals surface area contributed by atoms with Crippen molar-refractivity contribution < 1.29 is 0 Å². The van der Waals surface area contributed by atoms with Crippen LogP contribution in [-0.4, -0.2) is 6.54 Å². The van der Waals surface area contributed by atoms with Crippen LogP contribution in [0.4, 0.5) is 5.69 Å². The first kappa shape index (κ1) is 12.1. The van der Waals surface area contributed by atoms with Gasteiger partial charge in [0.15, 0.2) is 0 Å². The molecule has 1 N–H and O–H groups in total. The molecule has 0 aromatic heterocycles. The van der Waals surface area contributed by atoms with Crippen molar-refractivity contribution in [3.63, 3.8) is 0 Å². The summed E-state index contributed by atoms with van der Waals surface area (Å²) >= 11 is 0. The second-order valence-corrected chi connectivity index (χ2v) is 4.09. The Hall–Kier alpha value is -0.980. The van der Waals surface area contributed by atoms with Crippen LogP contribution in [0, 0.1) is 6.92 Å². The van der Waals surface area contributed by atoms with Crippen LogP contribution in [0.3, 0.4) is 0 Å². The molecule has 1 aromatic rings. The Balaban J connectivity index is 3.06. The van der Waals surface area contributed by atoms with E-state index in [0.717, 1.165) is 19.4 Å². The van der Waals surface area contributed by atoms with Crippen molar-refractivity contribution in [3.05, 3.63) is 28.8 Å². The molecular weight excluding hydrogens is 182 g/mol. The molecule has 0 aliphatic carbocycles. The zero-order valence-corrected chi connectivity index (χ0v) is 10.5. The van der Waals surface area contributed by atoms with Gasteiger partial charge in [-0.05, 0) is 37.3 Å². The molecule has 15 heavy (non-hydrogen) atoms. The Morgan fingerprint density at radius 1 is 1.00 bits per heavy atom. The highest BCUT2D eigenvalue weighted by Crippen LogP contribution is 2.24. The van der Waals surface area contributed by atoms with E-state index in [2.05, 4.69) is 45.1 Å². The van der Waals surface area contributed by atoms with Crippen molar-refractivity contribution >= 4 is 5.69 Å². The summed E-state index contributed by atoms with van der Waals surface area (Å²) in [5, 5.41) is 3.56. The largest absolute Gasteiger partial charge is 0.385 e. The number of aryl methyl sites for hydroxylation is 3. The third-order valence-corrected chi connectivity index (χ3v) is 2.76. The zero-order valence-electron chi connectivity index (χ0n) is 10.5. The summed E-state index contributed by atoms with van der Waals surface area (Å²) < 4.78 is 0. The van der Waals surface area contributed by atoms with Crippen molar-refractivity contribution in [2.45, 2.75) is 47.0 Å². The molecule has 0 radical (unpaired) electrons. The van der Waals surface area contributed by atoms with Gasteiger partial charge in [0.2, 0.25) is 0 Å². The van der Waals surface area contributed by atoms with E-state index in [-0.39, 0.29) is 0 Å². The minimum atomic E-state index is 1.07. The van der Waals surface area contributed by atoms with E-state index < -0.39 is 0 Å². The second kappa shape index (κ2) is 5.79. The summed E-state index contributed by atoms with van der Waals surface area (Å²) in [7, 11) is 0. The minimum absolute atomic E-state index is 1.07. The Bertz CT molecular complexity index is 290. The first-order chi connectivity index (χ1) is 7.22. The molecule has 0 unspecified atom stereocenters. The van der Waals surface area contributed by atoms with Crippen molar-refractivity contribution in [2.24, 2.45) is 0 Å². The highest BCUT2D eigenvalue weighted by atomic mass is 14.9. The topological polar surface area (TPSA) is 12.0 Å². The van der Waals surface area contributed by atoms with Gasteiger partial charge in [-0.2, -0.15) is 0 Å². The lowest BCUT2D eigenvalue weighted by Gasteiger charge is -2.16. The first-order valence-electron chi connectivity index (χ1n) is 6.09. The molecule has 0 bridgehead atoms. The Morgan fingerprint density at radius 2 is 1.53 bits per heavy atom. The third kappa shape index (κ3) is 2.98. The molecule has 1 rings (SSSR count). The van der Waals surface area contributed by atoms with Gasteiger partial charge in [-0.15, -0.1) is 0 Å². The molecule has 1 nitrogen and oxygen atoms in total. The minimum Gasteiger partial charge on any atom is -0.385 e. The summed E-state index contributed by atoms with van der Waals surface area (Å²) in [6, 6.07) is 4.61. The van der Waals surface area contributed by atoms with Crippen LogP contribution in [0.15, 0.2) is 12.1 Å². The van der Waals surface area contributed by atoms with Crippen LogP contribution in [-0.2, 0) is 12.8 Å². The van der Waals surface area contributed by atoms with Crippen LogP contribution in [0.5, 0.6) is 0 Å². The maximum atomic E-state index is 3.56. The first-order valence-corrected chi connectivity index (χ1v) is 6.09. The molecule has 0 spiro atoms. The number of hydrogen-bond acceptors (Lipinski definition) is 1. The van der Waals surface area contributed by atoms with Crippen LogP contribution >= 0.6 is 0 Å². The molecule has 0 saturated carbocycles. The van der Waals surface area contributed by atoms with Crippen molar-refractivity contribution in [2.75, 3.05) is 11.9 Å². The summed E-state index contributed by atoms with van der Waals surface area (Å²) in [6.07, 6.45) is 3.40. The predicted octanol–water partition coefficient (Wildman–Crippen LogP) is 3.94. The highest BCUT2D eigenvalue weighted by molar-refractivity contribution is 5.59. The highest BCUT2D eigenvalue weighted by Gasteiger charge is 2.06. The standard InChI is InChI=1S/C14H23N/c1-5-8-15-14-12(6-2)9-11(4)10-13(14)7-3/h9-10,15H,5-8H2,1-4H3. The zero-order chi connectivity index (χ0) is 11.3. The van der Waals surface area contributed by atoms with Crippen molar-refractivity contribution in [3.8, 4) is 0 Å². The average Bonchev–Trinajstić information content (AvgIpc) is 2.26. The maximum absolute atomic E-state index is 3.56. The molecular formula is C14H23N. The number of benzene rings is 1. The Morgan fingerprint density at radius 3 is 1.93 bits per heavy atom. The van der Waals surface area contributed by atoms with Gasteiger partial charge >= 0.3 is 0 Å². The van der Waals surface area contributed by atoms with Crippen molar-refractivity contribution in [1.82, 2.24) is 0 Å². The van der Waals surface area contributed by atoms with Gasteiger partial charge in [0.05, 0.1) is 0 Å². The molecule has 0 heterocycles. The number of hydrogen-bond donors (Lipinski definition) is 1. The molecule has 0 aliphatic heterocycles. The van der Waals surface area contributed by atoms with Crippen LogP contribution < -0.4 is 5.32 Å². The van der Waals surface area contributed by atoms with Gasteiger partial charge in [0, 0.05) is 12.2 Å². The van der Waals surface area contributed by atoms with E-state index in [0.29, 0.717) is 0 Å². The average molecular weight is 205 g/mol. The van der Waals surface area contributed by atoms with E-state index in [1.165, 1.54) is 28.8 Å². The molecule has 1 aromatic carbocycles. The lowest BCUT2D eigenvalue weighted by atomic mass is 9.99. The van der Waals surface area contributed by atoms with Gasteiger partial charge in [-0.25, -0.2) is 0 Å². The molecule has 84 valence electrons. The smallest absolute Gasteiger partial charge is 0.0405 e. The van der Waals surface area contributed by atoms with Crippen LogP contribution in [0.25, 0.3) is 0 Å². The van der Waals surface area contributed by atoms with Gasteiger partial charge in [-0.3, -0.25) is 0 Å². The molecule has 0 saturated heterocycles. The molecule has 0 aliphatic rings. The molecule has 0 fully saturated rings. The Kier molecular flexibility index (Phi) is 4.67. The fourth-order valence-corrected chi connectivity index (χ4v) is 1.98. The monoisotopic (exact) mass is 205 g/mol. The lowest BCUT2D eigenvalue weighted by molar-refractivity contribution is 0.961. The van der Waals surface area contributed by atoms with Gasteiger partial charge in [0.1, 0.15) is 0 Å². The fraction of sp³-hybridized carbons (Fsp3) is 0.571. The van der Waals surface area contributed by atoms with E-state index in [1.54, 1.807) is 0 Å². The normalized spacial score (nSPS) is 10.4. The van der Waals surface area contributed by atoms with Crippen LogP contribution in [0.1, 0.15) is 43.9 Å². The Labute approximate surface area is 93.9 Å². The molecule has 0 amide bonds. The van der Waals surface area contributed by atoms with Gasteiger partial charge < -0.3 is 5.32 Å². The predicted molar refractivity (Wildman–Crippen MR) is 68.7 cm³/mol. The summed E-state index contributed by atoms with van der Waals surface area (Å²) in [6.45, 7) is 9.92. The molecule has 0 atom stereocenters. The lowest BCUT2D eigenvalue weighted by Crippen LogP contribution is -2.06. The van der Waals surface area contributed by atoms with E-state index in [9.17, 15) is 0 Å². The summed E-state index contributed by atoms with van der Waals surface area (Å²) in [5.74, 6) is 0. The second-order valence-electron chi connectivity index (χ2n) is 4.09. The van der Waals surface area contributed by atoms with Gasteiger partial charge in [-0.1, -0.05) is 38.5 Å². The summed E-state index contributed by atoms with van der Waals surface area (Å²) in [5.41, 5.74) is 5.68. The maximum Gasteiger partial charge on any atom is 0.0405 e. The van der Waals surface area contributed by atoms with Gasteiger partial charge in [0.25, 0.3) is 0 Å².